The van der Waals surface area contributed by atoms with E-state index in [2.05, 4.69) is 9.88 Å². The summed E-state index contributed by atoms with van der Waals surface area (Å²) in [6.07, 6.45) is 4.32. The number of carbonyl (C=O) groups excluding carboxylic acids is 3. The van der Waals surface area contributed by atoms with E-state index in [1.807, 2.05) is 25.3 Å². The number of nitrogens with zero attached hydrogens (tertiary/aromatic N) is 1. The highest BCUT2D eigenvalue weighted by atomic mass is 32.1. The summed E-state index contributed by atoms with van der Waals surface area (Å²) >= 11 is 1.30. The lowest BCUT2D eigenvalue weighted by Gasteiger charge is -2.09. The van der Waals surface area contributed by atoms with Crippen molar-refractivity contribution in [1.82, 2.24) is 4.57 Å². The standard InChI is InChI=1S/C22H26N2O5S/c1-4-28-22(27)19-17(14-5-6-14)11-30-20(19)23-18(25)10-29-21(26)16-9-12(2)24(13(16)3)15-7-8-15/h9,11,14-15H,4-8,10H2,1-3H3,(H,23,25). The van der Waals surface area contributed by atoms with E-state index in [0.717, 1.165) is 42.6 Å². The molecule has 0 aromatic carbocycles. The van der Waals surface area contributed by atoms with Crippen LogP contribution >= 0.6 is 11.3 Å². The number of rotatable bonds is 8. The second kappa shape index (κ2) is 8.26. The summed E-state index contributed by atoms with van der Waals surface area (Å²) < 4.78 is 12.6. The molecule has 30 heavy (non-hydrogen) atoms. The fourth-order valence-corrected chi connectivity index (χ4v) is 4.87. The van der Waals surface area contributed by atoms with Crippen LogP contribution in [0, 0.1) is 13.8 Å². The SMILES string of the molecule is CCOC(=O)c1c(C2CC2)csc1NC(=O)COC(=O)c1cc(C)n(C2CC2)c1C. The van der Waals surface area contributed by atoms with Crippen molar-refractivity contribution in [1.29, 1.82) is 0 Å². The second-order valence-electron chi connectivity index (χ2n) is 7.90. The Morgan fingerprint density at radius 2 is 1.87 bits per heavy atom. The monoisotopic (exact) mass is 430 g/mol. The molecule has 2 fully saturated rings. The fraction of sp³-hybridized carbons (Fsp3) is 0.500. The van der Waals surface area contributed by atoms with Crippen LogP contribution in [0.15, 0.2) is 11.4 Å². The van der Waals surface area contributed by atoms with Crippen LogP contribution in [0.5, 0.6) is 0 Å². The molecule has 0 unspecified atom stereocenters. The molecule has 2 aromatic rings. The molecule has 2 saturated carbocycles. The zero-order chi connectivity index (χ0) is 21.4. The maximum atomic E-state index is 12.5. The smallest absolute Gasteiger partial charge is 0.341 e. The van der Waals surface area contributed by atoms with Crippen molar-refractivity contribution in [2.75, 3.05) is 18.5 Å². The third-order valence-corrected chi connectivity index (χ3v) is 6.43. The molecule has 2 aliphatic carbocycles. The zero-order valence-electron chi connectivity index (χ0n) is 17.4. The Labute approximate surface area is 179 Å². The molecule has 1 N–H and O–H groups in total. The van der Waals surface area contributed by atoms with Crippen LogP contribution in [-0.2, 0) is 14.3 Å². The number of amides is 1. The summed E-state index contributed by atoms with van der Waals surface area (Å²) in [5.41, 5.74) is 3.75. The summed E-state index contributed by atoms with van der Waals surface area (Å²) in [6, 6.07) is 2.28. The lowest BCUT2D eigenvalue weighted by molar-refractivity contribution is -0.119. The van der Waals surface area contributed by atoms with Crippen molar-refractivity contribution in [2.45, 2.75) is 58.4 Å². The quantitative estimate of drug-likeness (QED) is 0.629. The number of hydrogen-bond donors (Lipinski definition) is 1. The van der Waals surface area contributed by atoms with E-state index in [1.165, 1.54) is 11.3 Å². The van der Waals surface area contributed by atoms with Gasteiger partial charge in [0.2, 0.25) is 0 Å². The van der Waals surface area contributed by atoms with Gasteiger partial charge in [0.1, 0.15) is 5.00 Å². The molecule has 0 atom stereocenters. The minimum atomic E-state index is -0.513. The normalized spacial score (nSPS) is 15.7. The second-order valence-corrected chi connectivity index (χ2v) is 8.78. The molecule has 1 amide bonds. The van der Waals surface area contributed by atoms with Gasteiger partial charge in [0, 0.05) is 17.4 Å². The van der Waals surface area contributed by atoms with Crippen molar-refractivity contribution >= 4 is 34.2 Å². The molecule has 0 aliphatic heterocycles. The number of nitrogens with one attached hydrogen (secondary N) is 1. The van der Waals surface area contributed by atoms with E-state index in [9.17, 15) is 14.4 Å². The molecule has 4 rings (SSSR count). The predicted octanol–water partition coefficient (Wildman–Crippen LogP) is 4.35. The molecule has 160 valence electrons. The first-order chi connectivity index (χ1) is 14.4. The van der Waals surface area contributed by atoms with Gasteiger partial charge in [-0.05, 0) is 69.4 Å². The number of aryl methyl sites for hydroxylation is 1. The molecular weight excluding hydrogens is 404 g/mol. The van der Waals surface area contributed by atoms with Gasteiger partial charge in [0.15, 0.2) is 6.61 Å². The molecule has 0 bridgehead atoms. The summed E-state index contributed by atoms with van der Waals surface area (Å²) in [7, 11) is 0. The fourth-order valence-electron chi connectivity index (χ4n) is 3.82. The van der Waals surface area contributed by atoms with Crippen LogP contribution in [0.25, 0.3) is 0 Å². The summed E-state index contributed by atoms with van der Waals surface area (Å²) in [5.74, 6) is -1.07. The van der Waals surface area contributed by atoms with Crippen LogP contribution in [0.4, 0.5) is 5.00 Å². The Morgan fingerprint density at radius 3 is 2.50 bits per heavy atom. The minimum absolute atomic E-state index is 0.267. The average Bonchev–Trinajstić information content (AvgIpc) is 3.63. The number of ether oxygens (including phenoxy) is 2. The molecule has 8 heteroatoms. The van der Waals surface area contributed by atoms with E-state index in [1.54, 1.807) is 6.92 Å². The van der Waals surface area contributed by atoms with Gasteiger partial charge >= 0.3 is 11.9 Å². The molecule has 0 radical (unpaired) electrons. The molecule has 2 aromatic heterocycles. The summed E-state index contributed by atoms with van der Waals surface area (Å²) in [6.45, 7) is 5.48. The van der Waals surface area contributed by atoms with Crippen LogP contribution in [0.3, 0.4) is 0 Å². The van der Waals surface area contributed by atoms with Crippen LogP contribution in [0.2, 0.25) is 0 Å². The Hall–Kier alpha value is -2.61. The maximum Gasteiger partial charge on any atom is 0.341 e. The van der Waals surface area contributed by atoms with E-state index < -0.39 is 24.5 Å². The molecular formula is C22H26N2O5S. The highest BCUT2D eigenvalue weighted by Gasteiger charge is 2.33. The Bertz CT molecular complexity index is 998. The van der Waals surface area contributed by atoms with Crippen LogP contribution in [0.1, 0.15) is 82.2 Å². The largest absolute Gasteiger partial charge is 0.462 e. The van der Waals surface area contributed by atoms with Gasteiger partial charge in [-0.1, -0.05) is 0 Å². The molecule has 7 nitrogen and oxygen atoms in total. The molecule has 2 heterocycles. The maximum absolute atomic E-state index is 12.5. The number of carbonyl (C=O) groups is 3. The van der Waals surface area contributed by atoms with Gasteiger partial charge in [-0.15, -0.1) is 11.3 Å². The first-order valence-electron chi connectivity index (χ1n) is 10.3. The van der Waals surface area contributed by atoms with Crippen molar-refractivity contribution in [3.05, 3.63) is 39.5 Å². The molecule has 0 spiro atoms. The highest BCUT2D eigenvalue weighted by Crippen LogP contribution is 2.46. The van der Waals surface area contributed by atoms with Gasteiger partial charge in [0.05, 0.1) is 17.7 Å². The number of hydrogen-bond acceptors (Lipinski definition) is 6. The van der Waals surface area contributed by atoms with Gasteiger partial charge in [0.25, 0.3) is 5.91 Å². The topological polar surface area (TPSA) is 86.6 Å². The first kappa shape index (κ1) is 20.7. The first-order valence-corrected chi connectivity index (χ1v) is 11.2. The Morgan fingerprint density at radius 1 is 1.13 bits per heavy atom. The third kappa shape index (κ3) is 4.14. The van der Waals surface area contributed by atoms with Crippen molar-refractivity contribution in [3.63, 3.8) is 0 Å². The van der Waals surface area contributed by atoms with Gasteiger partial charge in [-0.2, -0.15) is 0 Å². The Kier molecular flexibility index (Phi) is 5.69. The third-order valence-electron chi connectivity index (χ3n) is 5.52. The summed E-state index contributed by atoms with van der Waals surface area (Å²) in [5, 5.41) is 5.06. The van der Waals surface area contributed by atoms with Crippen LogP contribution in [-0.4, -0.2) is 35.6 Å². The average molecular weight is 431 g/mol. The van der Waals surface area contributed by atoms with Crippen molar-refractivity contribution < 1.29 is 23.9 Å². The van der Waals surface area contributed by atoms with E-state index in [4.69, 9.17) is 9.47 Å². The lowest BCUT2D eigenvalue weighted by atomic mass is 10.1. The van der Waals surface area contributed by atoms with E-state index >= 15 is 0 Å². The highest BCUT2D eigenvalue weighted by molar-refractivity contribution is 7.15. The molecule has 0 saturated heterocycles. The van der Waals surface area contributed by atoms with Gasteiger partial charge in [-0.25, -0.2) is 9.59 Å². The van der Waals surface area contributed by atoms with Crippen molar-refractivity contribution in [2.24, 2.45) is 0 Å². The minimum Gasteiger partial charge on any atom is -0.462 e. The summed E-state index contributed by atoms with van der Waals surface area (Å²) in [4.78, 5) is 37.3. The van der Waals surface area contributed by atoms with Gasteiger partial charge < -0.3 is 19.4 Å². The predicted molar refractivity (Wildman–Crippen MR) is 113 cm³/mol. The molecule has 2 aliphatic rings. The number of anilines is 1. The van der Waals surface area contributed by atoms with Crippen LogP contribution < -0.4 is 5.32 Å². The number of thiophene rings is 1. The van der Waals surface area contributed by atoms with E-state index in [-0.39, 0.29) is 6.61 Å². The van der Waals surface area contributed by atoms with Gasteiger partial charge in [-0.3, -0.25) is 4.79 Å². The number of esters is 2. The van der Waals surface area contributed by atoms with Crippen molar-refractivity contribution in [3.8, 4) is 0 Å². The number of aromatic nitrogens is 1. The zero-order valence-corrected chi connectivity index (χ0v) is 18.3. The van der Waals surface area contributed by atoms with E-state index in [0.29, 0.717) is 28.1 Å². The Balaban J connectivity index is 1.40. The lowest BCUT2D eigenvalue weighted by Crippen LogP contribution is -2.22.